The zero-order valence-electron chi connectivity index (χ0n) is 12.5. The van der Waals surface area contributed by atoms with Gasteiger partial charge in [0, 0.05) is 31.8 Å². The highest BCUT2D eigenvalue weighted by atomic mass is 35.5. The van der Waals surface area contributed by atoms with Crippen molar-refractivity contribution in [2.24, 2.45) is 4.99 Å². The molecule has 0 spiro atoms. The zero-order chi connectivity index (χ0) is 15.1. The number of nitrogens with zero attached hydrogens (tertiary/aromatic N) is 1. The molecular weight excluding hydrogens is 286 g/mol. The number of methoxy groups -OCH3 is 1. The molecule has 5 heteroatoms. The third-order valence-electron chi connectivity index (χ3n) is 3.53. The molecule has 1 aromatic rings. The lowest BCUT2D eigenvalue weighted by atomic mass is 10.1. The van der Waals surface area contributed by atoms with Crippen LogP contribution < -0.4 is 10.6 Å². The summed E-state index contributed by atoms with van der Waals surface area (Å²) in [7, 11) is 3.48. The Morgan fingerprint density at radius 3 is 2.81 bits per heavy atom. The summed E-state index contributed by atoms with van der Waals surface area (Å²) in [5, 5.41) is 7.43. The molecule has 1 aliphatic carbocycles. The molecule has 1 unspecified atom stereocenters. The van der Waals surface area contributed by atoms with Crippen LogP contribution in [0.25, 0.3) is 0 Å². The highest BCUT2D eigenvalue weighted by Gasteiger charge is 2.14. The average Bonchev–Trinajstić information content (AvgIpc) is 2.99. The molecule has 0 aliphatic heterocycles. The molecule has 2 N–H and O–H groups in total. The van der Waals surface area contributed by atoms with E-state index in [9.17, 15) is 0 Å². The Balaban J connectivity index is 1.89. The molecule has 2 rings (SSSR count). The van der Waals surface area contributed by atoms with Crippen LogP contribution in [0.2, 0.25) is 5.02 Å². The molecule has 0 heterocycles. The van der Waals surface area contributed by atoms with Gasteiger partial charge in [-0.2, -0.15) is 0 Å². The van der Waals surface area contributed by atoms with Crippen LogP contribution in [0.3, 0.4) is 0 Å². The molecular formula is C16H22ClN3O. The predicted octanol–water partition coefficient (Wildman–Crippen LogP) is 2.91. The van der Waals surface area contributed by atoms with Gasteiger partial charge in [0.2, 0.25) is 0 Å². The van der Waals surface area contributed by atoms with Crippen molar-refractivity contribution in [2.75, 3.05) is 20.7 Å². The molecule has 0 aromatic heterocycles. The van der Waals surface area contributed by atoms with Crippen LogP contribution in [0.4, 0.5) is 0 Å². The quantitative estimate of drug-likeness (QED) is 0.499. The summed E-state index contributed by atoms with van der Waals surface area (Å²) in [6, 6.07) is 8.16. The van der Waals surface area contributed by atoms with Crippen molar-refractivity contribution < 1.29 is 4.74 Å². The molecule has 0 amide bonds. The van der Waals surface area contributed by atoms with Crippen LogP contribution in [-0.2, 0) is 4.74 Å². The van der Waals surface area contributed by atoms with E-state index in [-0.39, 0.29) is 6.10 Å². The molecule has 1 atom stereocenters. The molecule has 1 aliphatic rings. The van der Waals surface area contributed by atoms with Crippen molar-refractivity contribution in [3.05, 3.63) is 47.0 Å². The Labute approximate surface area is 131 Å². The standard InChI is InChI=1S/C16H22ClN3O/c1-18-16(20-14-8-3-4-9-14)19-11-15(21-2)12-6-5-7-13(17)10-12/h3-7,10,14-15H,8-9,11H2,1-2H3,(H2,18,19,20). The Bertz CT molecular complexity index is 508. The highest BCUT2D eigenvalue weighted by molar-refractivity contribution is 6.30. The third kappa shape index (κ3) is 4.76. The van der Waals surface area contributed by atoms with Crippen LogP contribution in [0.5, 0.6) is 0 Å². The maximum absolute atomic E-state index is 6.03. The Morgan fingerprint density at radius 1 is 1.43 bits per heavy atom. The van der Waals surface area contributed by atoms with E-state index < -0.39 is 0 Å². The first-order valence-corrected chi connectivity index (χ1v) is 7.51. The Hall–Kier alpha value is -1.52. The maximum atomic E-state index is 6.03. The number of hydrogen-bond donors (Lipinski definition) is 2. The minimum atomic E-state index is -0.0658. The number of aliphatic imine (C=N–C) groups is 1. The van der Waals surface area contributed by atoms with Crippen molar-refractivity contribution >= 4 is 17.6 Å². The Kier molecular flexibility index (Phi) is 6.08. The van der Waals surface area contributed by atoms with Crippen LogP contribution in [-0.4, -0.2) is 32.7 Å². The molecule has 0 fully saturated rings. The molecule has 0 saturated carbocycles. The van der Waals surface area contributed by atoms with Gasteiger partial charge in [-0.15, -0.1) is 0 Å². The van der Waals surface area contributed by atoms with E-state index in [1.54, 1.807) is 14.2 Å². The lowest BCUT2D eigenvalue weighted by molar-refractivity contribution is 0.106. The number of hydrogen-bond acceptors (Lipinski definition) is 2. The van der Waals surface area contributed by atoms with E-state index >= 15 is 0 Å². The normalized spacial score (nSPS) is 17.0. The van der Waals surface area contributed by atoms with E-state index in [1.165, 1.54) is 0 Å². The van der Waals surface area contributed by atoms with Crippen LogP contribution in [0.15, 0.2) is 41.4 Å². The van der Waals surface area contributed by atoms with Gasteiger partial charge in [0.05, 0.1) is 6.10 Å². The first-order chi connectivity index (χ1) is 10.2. The second-order valence-electron chi connectivity index (χ2n) is 5.02. The van der Waals surface area contributed by atoms with Crippen LogP contribution in [0, 0.1) is 0 Å². The molecule has 0 bridgehead atoms. The van der Waals surface area contributed by atoms with Gasteiger partial charge in [0.25, 0.3) is 0 Å². The number of ether oxygens (including phenoxy) is 1. The molecule has 21 heavy (non-hydrogen) atoms. The second kappa shape index (κ2) is 8.05. The van der Waals surface area contributed by atoms with Gasteiger partial charge < -0.3 is 15.4 Å². The molecule has 1 aromatic carbocycles. The first-order valence-electron chi connectivity index (χ1n) is 7.13. The monoisotopic (exact) mass is 307 g/mol. The van der Waals surface area contributed by atoms with Gasteiger partial charge in [0.15, 0.2) is 5.96 Å². The summed E-state index contributed by atoms with van der Waals surface area (Å²) in [6.07, 6.45) is 6.40. The fourth-order valence-corrected chi connectivity index (χ4v) is 2.56. The van der Waals surface area contributed by atoms with Gasteiger partial charge in [-0.3, -0.25) is 4.99 Å². The Morgan fingerprint density at radius 2 is 2.19 bits per heavy atom. The van der Waals surface area contributed by atoms with Crippen LogP contribution >= 0.6 is 11.6 Å². The third-order valence-corrected chi connectivity index (χ3v) is 3.77. The summed E-state index contributed by atoms with van der Waals surface area (Å²) in [5.41, 5.74) is 1.05. The highest BCUT2D eigenvalue weighted by Crippen LogP contribution is 2.19. The van der Waals surface area contributed by atoms with Gasteiger partial charge in [-0.1, -0.05) is 35.9 Å². The minimum absolute atomic E-state index is 0.0658. The lowest BCUT2D eigenvalue weighted by Crippen LogP contribution is -2.44. The smallest absolute Gasteiger partial charge is 0.191 e. The second-order valence-corrected chi connectivity index (χ2v) is 5.45. The van der Waals surface area contributed by atoms with Gasteiger partial charge >= 0.3 is 0 Å². The van der Waals surface area contributed by atoms with Crippen molar-refractivity contribution in [1.82, 2.24) is 10.6 Å². The van der Waals surface area contributed by atoms with Gasteiger partial charge in [-0.05, 0) is 30.5 Å². The lowest BCUT2D eigenvalue weighted by Gasteiger charge is -2.21. The minimum Gasteiger partial charge on any atom is -0.375 e. The summed E-state index contributed by atoms with van der Waals surface area (Å²) >= 11 is 6.03. The average molecular weight is 308 g/mol. The fourth-order valence-electron chi connectivity index (χ4n) is 2.36. The first kappa shape index (κ1) is 15.9. The van der Waals surface area contributed by atoms with Crippen LogP contribution in [0.1, 0.15) is 24.5 Å². The largest absolute Gasteiger partial charge is 0.375 e. The van der Waals surface area contributed by atoms with E-state index in [0.29, 0.717) is 17.6 Å². The van der Waals surface area contributed by atoms with Gasteiger partial charge in [0.1, 0.15) is 0 Å². The zero-order valence-corrected chi connectivity index (χ0v) is 13.2. The van der Waals surface area contributed by atoms with E-state index in [1.807, 2.05) is 24.3 Å². The SMILES string of the molecule is CN=C(NCC(OC)c1cccc(Cl)c1)NC1CC=CC1. The van der Waals surface area contributed by atoms with Crippen molar-refractivity contribution in [2.45, 2.75) is 25.0 Å². The van der Waals surface area contributed by atoms with E-state index in [2.05, 4.69) is 27.8 Å². The summed E-state index contributed by atoms with van der Waals surface area (Å²) in [5.74, 6) is 0.799. The summed E-state index contributed by atoms with van der Waals surface area (Å²) in [4.78, 5) is 4.25. The summed E-state index contributed by atoms with van der Waals surface area (Å²) in [6.45, 7) is 0.636. The topological polar surface area (TPSA) is 45.7 Å². The number of halogens is 1. The maximum Gasteiger partial charge on any atom is 0.191 e. The number of nitrogens with one attached hydrogen (secondary N) is 2. The van der Waals surface area contributed by atoms with E-state index in [0.717, 1.165) is 24.4 Å². The number of rotatable bonds is 5. The molecule has 0 radical (unpaired) electrons. The van der Waals surface area contributed by atoms with Crippen molar-refractivity contribution in [1.29, 1.82) is 0 Å². The van der Waals surface area contributed by atoms with E-state index in [4.69, 9.17) is 16.3 Å². The number of benzene rings is 1. The molecule has 0 saturated heterocycles. The van der Waals surface area contributed by atoms with Gasteiger partial charge in [-0.25, -0.2) is 0 Å². The molecule has 4 nitrogen and oxygen atoms in total. The van der Waals surface area contributed by atoms with Crippen molar-refractivity contribution in [3.63, 3.8) is 0 Å². The summed E-state index contributed by atoms with van der Waals surface area (Å²) < 4.78 is 5.54. The molecule has 114 valence electrons. The van der Waals surface area contributed by atoms with Crippen molar-refractivity contribution in [3.8, 4) is 0 Å². The fraction of sp³-hybridized carbons (Fsp3) is 0.438. The predicted molar refractivity (Wildman–Crippen MR) is 87.9 cm³/mol. The number of guanidine groups is 1.